The fraction of sp³-hybridized carbons (Fsp3) is 0.240. The van der Waals surface area contributed by atoms with Crippen molar-refractivity contribution in [3.63, 3.8) is 0 Å². The summed E-state index contributed by atoms with van der Waals surface area (Å²) in [7, 11) is 1.25. The van der Waals surface area contributed by atoms with Gasteiger partial charge >= 0.3 is 5.97 Å². The van der Waals surface area contributed by atoms with Gasteiger partial charge in [0, 0.05) is 6.54 Å². The SMILES string of the molecule is COC(=O)[C@@H]1[C@H](F)[C@@H](O)CN1C1(c2ccccc2)c2ccccc2-c2ccccc21. The van der Waals surface area contributed by atoms with Gasteiger partial charge in [-0.3, -0.25) is 9.69 Å². The fourth-order valence-electron chi connectivity index (χ4n) is 5.20. The summed E-state index contributed by atoms with van der Waals surface area (Å²) >= 11 is 0. The van der Waals surface area contributed by atoms with Crippen LogP contribution in [0.3, 0.4) is 0 Å². The van der Waals surface area contributed by atoms with Gasteiger partial charge in [-0.05, 0) is 27.8 Å². The summed E-state index contributed by atoms with van der Waals surface area (Å²) in [6.07, 6.45) is -3.02. The van der Waals surface area contributed by atoms with Crippen molar-refractivity contribution < 1.29 is 19.0 Å². The minimum Gasteiger partial charge on any atom is -0.468 e. The predicted octanol–water partition coefficient (Wildman–Crippen LogP) is 3.52. The van der Waals surface area contributed by atoms with Crippen molar-refractivity contribution in [1.82, 2.24) is 4.90 Å². The van der Waals surface area contributed by atoms with Gasteiger partial charge in [0.05, 0.1) is 12.6 Å². The second-order valence-electron chi connectivity index (χ2n) is 7.80. The molecule has 0 unspecified atom stereocenters. The normalized spacial score (nSPS) is 24.3. The highest BCUT2D eigenvalue weighted by molar-refractivity contribution is 5.85. The summed E-state index contributed by atoms with van der Waals surface area (Å²) in [6, 6.07) is 24.6. The molecule has 1 aliphatic heterocycles. The first-order chi connectivity index (χ1) is 14.6. The van der Waals surface area contributed by atoms with E-state index in [0.717, 1.165) is 27.8 Å². The van der Waals surface area contributed by atoms with Gasteiger partial charge in [0.25, 0.3) is 0 Å². The van der Waals surface area contributed by atoms with Crippen molar-refractivity contribution in [2.45, 2.75) is 23.9 Å². The first-order valence-electron chi connectivity index (χ1n) is 10.0. The number of hydrogen-bond acceptors (Lipinski definition) is 4. The Morgan fingerprint density at radius 3 is 2.07 bits per heavy atom. The molecular formula is C25H22FNO3. The smallest absolute Gasteiger partial charge is 0.326 e. The van der Waals surface area contributed by atoms with E-state index in [1.807, 2.05) is 78.9 Å². The molecule has 0 aromatic heterocycles. The molecule has 3 aromatic rings. The van der Waals surface area contributed by atoms with Crippen LogP contribution in [0, 0.1) is 0 Å². The number of aliphatic hydroxyl groups excluding tert-OH is 1. The van der Waals surface area contributed by atoms with Gasteiger partial charge in [0.2, 0.25) is 0 Å². The lowest BCUT2D eigenvalue weighted by atomic mass is 9.78. The van der Waals surface area contributed by atoms with E-state index in [0.29, 0.717) is 0 Å². The molecule has 152 valence electrons. The van der Waals surface area contributed by atoms with E-state index >= 15 is 4.39 Å². The number of fused-ring (bicyclic) bond motifs is 3. The van der Waals surface area contributed by atoms with Gasteiger partial charge in [-0.2, -0.15) is 0 Å². The van der Waals surface area contributed by atoms with Crippen molar-refractivity contribution in [1.29, 1.82) is 0 Å². The molecule has 2 aliphatic rings. The number of carbonyl (C=O) groups excluding carboxylic acids is 1. The molecule has 0 bridgehead atoms. The molecule has 4 nitrogen and oxygen atoms in total. The van der Waals surface area contributed by atoms with E-state index in [2.05, 4.69) is 0 Å². The van der Waals surface area contributed by atoms with Gasteiger partial charge in [-0.25, -0.2) is 4.39 Å². The van der Waals surface area contributed by atoms with Crippen LogP contribution < -0.4 is 0 Å². The van der Waals surface area contributed by atoms with Gasteiger partial charge in [-0.15, -0.1) is 0 Å². The number of methoxy groups -OCH3 is 1. The highest BCUT2D eigenvalue weighted by Gasteiger charge is 2.59. The second kappa shape index (κ2) is 7.04. The Labute approximate surface area is 174 Å². The minimum absolute atomic E-state index is 0.0124. The molecule has 0 radical (unpaired) electrons. The van der Waals surface area contributed by atoms with Crippen LogP contribution in [0.15, 0.2) is 78.9 Å². The van der Waals surface area contributed by atoms with E-state index in [1.165, 1.54) is 7.11 Å². The van der Waals surface area contributed by atoms with E-state index in [9.17, 15) is 9.90 Å². The zero-order valence-electron chi connectivity index (χ0n) is 16.5. The highest BCUT2D eigenvalue weighted by atomic mass is 19.1. The zero-order valence-corrected chi connectivity index (χ0v) is 16.5. The molecule has 3 atom stereocenters. The summed E-state index contributed by atoms with van der Waals surface area (Å²) in [5.74, 6) is -0.684. The maximum Gasteiger partial charge on any atom is 0.326 e. The van der Waals surface area contributed by atoms with Crippen molar-refractivity contribution in [3.8, 4) is 11.1 Å². The minimum atomic E-state index is -1.74. The molecule has 1 heterocycles. The Balaban J connectivity index is 1.87. The van der Waals surface area contributed by atoms with Gasteiger partial charge < -0.3 is 9.84 Å². The molecule has 0 amide bonds. The number of alkyl halides is 1. The molecule has 30 heavy (non-hydrogen) atoms. The van der Waals surface area contributed by atoms with Crippen molar-refractivity contribution in [3.05, 3.63) is 95.6 Å². The van der Waals surface area contributed by atoms with Gasteiger partial charge in [-0.1, -0.05) is 78.9 Å². The number of β-amino-alcohol motifs (C(OH)–C–C–N with tert-alkyl or cyclic N) is 1. The molecule has 1 aliphatic carbocycles. The van der Waals surface area contributed by atoms with Crippen LogP contribution in [-0.2, 0) is 15.1 Å². The lowest BCUT2D eigenvalue weighted by Gasteiger charge is -2.43. The molecular weight excluding hydrogens is 381 g/mol. The summed E-state index contributed by atoms with van der Waals surface area (Å²) < 4.78 is 20.1. The van der Waals surface area contributed by atoms with Gasteiger partial charge in [0.15, 0.2) is 6.17 Å². The zero-order chi connectivity index (χ0) is 20.9. The Bertz CT molecular complexity index is 1050. The average Bonchev–Trinajstić information content (AvgIpc) is 3.26. The van der Waals surface area contributed by atoms with Gasteiger partial charge in [0.1, 0.15) is 12.1 Å². The van der Waals surface area contributed by atoms with Crippen LogP contribution in [-0.4, -0.2) is 47.9 Å². The number of nitrogens with zero attached hydrogens (tertiary/aromatic N) is 1. The number of rotatable bonds is 3. The number of hydrogen-bond donors (Lipinski definition) is 1. The molecule has 0 saturated carbocycles. The summed E-state index contributed by atoms with van der Waals surface area (Å²) in [6.45, 7) is 0.0124. The number of likely N-dealkylation sites (tertiary alicyclic amines) is 1. The van der Waals surface area contributed by atoms with Crippen LogP contribution in [0.2, 0.25) is 0 Å². The number of esters is 1. The summed E-state index contributed by atoms with van der Waals surface area (Å²) in [5, 5.41) is 10.5. The maximum absolute atomic E-state index is 15.2. The van der Waals surface area contributed by atoms with E-state index < -0.39 is 29.8 Å². The summed E-state index contributed by atoms with van der Waals surface area (Å²) in [4.78, 5) is 14.5. The first-order valence-corrected chi connectivity index (χ1v) is 10.0. The summed E-state index contributed by atoms with van der Waals surface area (Å²) in [5.41, 5.74) is 4.00. The van der Waals surface area contributed by atoms with E-state index in [4.69, 9.17) is 4.74 Å². The molecule has 1 fully saturated rings. The van der Waals surface area contributed by atoms with Crippen molar-refractivity contribution in [2.75, 3.05) is 13.7 Å². The predicted molar refractivity (Wildman–Crippen MR) is 112 cm³/mol. The van der Waals surface area contributed by atoms with E-state index in [1.54, 1.807) is 4.90 Å². The molecule has 5 rings (SSSR count). The third-order valence-electron chi connectivity index (χ3n) is 6.38. The molecule has 5 heteroatoms. The number of carbonyl (C=O) groups is 1. The third-order valence-corrected chi connectivity index (χ3v) is 6.38. The molecule has 1 saturated heterocycles. The highest BCUT2D eigenvalue weighted by Crippen LogP contribution is 2.56. The number of benzene rings is 3. The Morgan fingerprint density at radius 1 is 0.967 bits per heavy atom. The number of ether oxygens (including phenoxy) is 1. The Morgan fingerprint density at radius 2 is 1.50 bits per heavy atom. The number of aliphatic hydroxyl groups is 1. The Hall–Kier alpha value is -3.02. The molecule has 0 spiro atoms. The van der Waals surface area contributed by atoms with Crippen molar-refractivity contribution >= 4 is 5.97 Å². The lowest BCUT2D eigenvalue weighted by Crippen LogP contribution is -2.53. The van der Waals surface area contributed by atoms with Crippen LogP contribution in [0.1, 0.15) is 16.7 Å². The monoisotopic (exact) mass is 403 g/mol. The topological polar surface area (TPSA) is 49.8 Å². The van der Waals surface area contributed by atoms with Crippen LogP contribution in [0.25, 0.3) is 11.1 Å². The quantitative estimate of drug-likeness (QED) is 0.680. The standard InChI is InChI=1S/C25H22FNO3/c1-30-24(29)23-22(26)21(28)15-27(23)25(16-9-3-2-4-10-16)19-13-7-5-11-17(19)18-12-6-8-14-20(18)25/h2-14,21-23,28H,15H2,1H3/t21-,22+,23-/m0/s1. The third kappa shape index (κ3) is 2.42. The maximum atomic E-state index is 15.2. The average molecular weight is 403 g/mol. The second-order valence-corrected chi connectivity index (χ2v) is 7.80. The lowest BCUT2D eigenvalue weighted by molar-refractivity contribution is -0.149. The van der Waals surface area contributed by atoms with Crippen LogP contribution in [0.5, 0.6) is 0 Å². The molecule has 3 aromatic carbocycles. The van der Waals surface area contributed by atoms with Crippen LogP contribution >= 0.6 is 0 Å². The van der Waals surface area contributed by atoms with Crippen molar-refractivity contribution in [2.24, 2.45) is 0 Å². The number of halogens is 1. The molecule has 1 N–H and O–H groups in total. The fourth-order valence-corrected chi connectivity index (χ4v) is 5.20. The Kier molecular flexibility index (Phi) is 4.45. The van der Waals surface area contributed by atoms with E-state index in [-0.39, 0.29) is 6.54 Å². The largest absolute Gasteiger partial charge is 0.468 e. The van der Waals surface area contributed by atoms with Crippen LogP contribution in [0.4, 0.5) is 4.39 Å². The first kappa shape index (κ1) is 19.0.